The van der Waals surface area contributed by atoms with Crippen LogP contribution in [0.1, 0.15) is 63.9 Å². The molecule has 0 amide bonds. The van der Waals surface area contributed by atoms with Crippen molar-refractivity contribution in [1.82, 2.24) is 18.9 Å². The number of para-hydroxylation sites is 2. The van der Waals surface area contributed by atoms with Gasteiger partial charge in [0.2, 0.25) is 0 Å². The highest BCUT2D eigenvalue weighted by Crippen LogP contribution is 2.52. The summed E-state index contributed by atoms with van der Waals surface area (Å²) in [7, 11) is 0. The third kappa shape index (κ3) is 3.58. The van der Waals surface area contributed by atoms with E-state index in [-0.39, 0.29) is 16.2 Å². The van der Waals surface area contributed by atoms with Crippen LogP contribution < -0.4 is 4.74 Å². The smallest absolute Gasteiger partial charge is 0.145 e. The van der Waals surface area contributed by atoms with Crippen LogP contribution in [0.3, 0.4) is 0 Å². The number of hydrogen-bond donors (Lipinski definition) is 0. The molecule has 252 valence electrons. The van der Waals surface area contributed by atoms with Crippen molar-refractivity contribution in [2.24, 2.45) is 0 Å². The fourth-order valence-corrected chi connectivity index (χ4v) is 9.48. The second-order valence-corrected chi connectivity index (χ2v) is 16.4. The van der Waals surface area contributed by atoms with E-state index in [9.17, 15) is 0 Å². The summed E-state index contributed by atoms with van der Waals surface area (Å²) < 4.78 is 11.4. The molecule has 1 aliphatic carbocycles. The first-order valence-electron chi connectivity index (χ1n) is 18.2. The van der Waals surface area contributed by atoms with Crippen LogP contribution in [0.2, 0.25) is 0 Å². The predicted molar refractivity (Wildman–Crippen MR) is 212 cm³/mol. The average molecular weight is 675 g/mol. The molecule has 52 heavy (non-hydrogen) atoms. The maximum atomic E-state index is 6.74. The topological polar surface area (TPSA) is 44.3 Å². The van der Waals surface area contributed by atoms with Gasteiger partial charge in [-0.15, -0.1) is 0 Å². The maximum absolute atomic E-state index is 6.74. The second-order valence-electron chi connectivity index (χ2n) is 16.4. The lowest BCUT2D eigenvalue weighted by molar-refractivity contribution is 0.288. The molecule has 0 bridgehead atoms. The zero-order valence-electron chi connectivity index (χ0n) is 30.2. The molecule has 0 spiro atoms. The molecule has 5 aromatic carbocycles. The van der Waals surface area contributed by atoms with Crippen molar-refractivity contribution in [3.8, 4) is 28.4 Å². The van der Waals surface area contributed by atoms with Gasteiger partial charge in [-0.25, -0.2) is 9.97 Å². The Morgan fingerprint density at radius 3 is 2.10 bits per heavy atom. The van der Waals surface area contributed by atoms with Gasteiger partial charge in [0.05, 0.1) is 16.6 Å². The molecule has 0 N–H and O–H groups in total. The summed E-state index contributed by atoms with van der Waals surface area (Å²) in [5.74, 6) is 2.46. The van der Waals surface area contributed by atoms with E-state index in [1.807, 2.05) is 0 Å². The molecule has 5 heterocycles. The largest absolute Gasteiger partial charge is 0.457 e. The number of hydrogen-bond acceptors (Lipinski definition) is 3. The van der Waals surface area contributed by atoms with Gasteiger partial charge in [0.1, 0.15) is 23.0 Å². The molecule has 11 rings (SSSR count). The minimum Gasteiger partial charge on any atom is -0.457 e. The fourth-order valence-electron chi connectivity index (χ4n) is 9.48. The van der Waals surface area contributed by atoms with Gasteiger partial charge in [-0.05, 0) is 70.1 Å². The normalized spacial score (nSPS) is 16.3. The number of pyridine rings is 2. The van der Waals surface area contributed by atoms with Gasteiger partial charge >= 0.3 is 0 Å². The standard InChI is InChI=1S/C47H38N4O/c1-45(2)36-15-9-7-12-30(36)35-25-48-42(24-38(35)45)50-39-17-10-8-13-31(39)32-21-19-28(23-40(32)50)52-27-18-20-29-33-14-11-16-37-43(33)51-41(47(5,6)46(37,3)4)26-49-44(51)34(29)22-27/h7-26H,1-6H3. The van der Waals surface area contributed by atoms with Crippen LogP contribution in [-0.4, -0.2) is 18.9 Å². The molecule has 5 heteroatoms. The summed E-state index contributed by atoms with van der Waals surface area (Å²) in [6.45, 7) is 14.0. The Labute approximate surface area is 302 Å². The Balaban J connectivity index is 1.07. The first-order chi connectivity index (χ1) is 25.1. The summed E-state index contributed by atoms with van der Waals surface area (Å²) in [4.78, 5) is 10.2. The van der Waals surface area contributed by atoms with Gasteiger partial charge in [-0.1, -0.05) is 102 Å². The molecule has 9 aromatic rings. The van der Waals surface area contributed by atoms with Gasteiger partial charge in [-0.3, -0.25) is 8.97 Å². The van der Waals surface area contributed by atoms with E-state index in [4.69, 9.17) is 14.7 Å². The Kier molecular flexibility index (Phi) is 5.54. The zero-order valence-corrected chi connectivity index (χ0v) is 30.2. The van der Waals surface area contributed by atoms with E-state index >= 15 is 0 Å². The second kappa shape index (κ2) is 9.68. The van der Waals surface area contributed by atoms with Crippen LogP contribution in [0.4, 0.5) is 0 Å². The molecule has 0 unspecified atom stereocenters. The SMILES string of the molecule is CC1(C)c2ccccc2-c2cnc(-n3c4ccccc4c4ccc(Oc5ccc6c(c5)c5ncc7n5c5c(cccc65)C(C)(C)C7(C)C)cc43)cc21. The maximum Gasteiger partial charge on any atom is 0.145 e. The van der Waals surface area contributed by atoms with E-state index in [2.05, 4.69) is 172 Å². The summed E-state index contributed by atoms with van der Waals surface area (Å²) >= 11 is 0. The van der Waals surface area contributed by atoms with Crippen LogP contribution in [0.5, 0.6) is 11.5 Å². The highest BCUT2D eigenvalue weighted by Gasteiger charge is 2.46. The van der Waals surface area contributed by atoms with Gasteiger partial charge in [0, 0.05) is 67.5 Å². The van der Waals surface area contributed by atoms with E-state index in [1.165, 1.54) is 60.6 Å². The lowest BCUT2D eigenvalue weighted by Gasteiger charge is -2.45. The van der Waals surface area contributed by atoms with Gasteiger partial charge in [-0.2, -0.15) is 0 Å². The number of ether oxygens (including phenoxy) is 1. The minimum absolute atomic E-state index is 0.0518. The van der Waals surface area contributed by atoms with Crippen molar-refractivity contribution in [2.75, 3.05) is 0 Å². The van der Waals surface area contributed by atoms with E-state index in [0.717, 1.165) is 39.4 Å². The van der Waals surface area contributed by atoms with Crippen molar-refractivity contribution >= 4 is 49.1 Å². The van der Waals surface area contributed by atoms with E-state index < -0.39 is 0 Å². The fraction of sp³-hybridized carbons (Fsp3) is 0.191. The average Bonchev–Trinajstić information content (AvgIpc) is 3.81. The highest BCUT2D eigenvalue weighted by molar-refractivity contribution is 6.14. The molecule has 4 aromatic heterocycles. The molecule has 0 atom stereocenters. The van der Waals surface area contributed by atoms with Crippen molar-refractivity contribution < 1.29 is 4.74 Å². The summed E-state index contributed by atoms with van der Waals surface area (Å²) in [5, 5.41) is 5.88. The van der Waals surface area contributed by atoms with Crippen molar-refractivity contribution in [1.29, 1.82) is 0 Å². The number of imidazole rings is 1. The molecule has 0 saturated carbocycles. The van der Waals surface area contributed by atoms with Gasteiger partial charge < -0.3 is 4.74 Å². The molecule has 1 aliphatic heterocycles. The first-order valence-corrected chi connectivity index (χ1v) is 18.2. The first kappa shape index (κ1) is 29.8. The summed E-state index contributed by atoms with van der Waals surface area (Å²) in [6.07, 6.45) is 4.14. The molecule has 0 fully saturated rings. The Morgan fingerprint density at radius 1 is 0.519 bits per heavy atom. The summed E-state index contributed by atoms with van der Waals surface area (Å²) in [5.41, 5.74) is 11.9. The van der Waals surface area contributed by atoms with E-state index in [0.29, 0.717) is 0 Å². The lowest BCUT2D eigenvalue weighted by atomic mass is 9.61. The third-order valence-electron chi connectivity index (χ3n) is 13.0. The van der Waals surface area contributed by atoms with Crippen LogP contribution in [0, 0.1) is 0 Å². The van der Waals surface area contributed by atoms with Crippen molar-refractivity contribution in [3.63, 3.8) is 0 Å². The van der Waals surface area contributed by atoms with Crippen LogP contribution in [0.15, 0.2) is 122 Å². The monoisotopic (exact) mass is 674 g/mol. The highest BCUT2D eigenvalue weighted by atomic mass is 16.5. The zero-order chi connectivity index (χ0) is 35.3. The number of fused-ring (bicyclic) bond motifs is 9. The third-order valence-corrected chi connectivity index (χ3v) is 13.0. The van der Waals surface area contributed by atoms with Crippen LogP contribution in [0.25, 0.3) is 66.1 Å². The van der Waals surface area contributed by atoms with Crippen molar-refractivity contribution in [2.45, 2.75) is 57.8 Å². The Morgan fingerprint density at radius 2 is 1.23 bits per heavy atom. The van der Waals surface area contributed by atoms with Gasteiger partial charge in [0.15, 0.2) is 0 Å². The molecule has 0 radical (unpaired) electrons. The van der Waals surface area contributed by atoms with E-state index in [1.54, 1.807) is 0 Å². The Bertz CT molecular complexity index is 3030. The Hall–Kier alpha value is -5.94. The van der Waals surface area contributed by atoms with Gasteiger partial charge in [0.25, 0.3) is 0 Å². The quantitative estimate of drug-likeness (QED) is 0.175. The number of benzene rings is 5. The molecule has 0 saturated heterocycles. The lowest BCUT2D eigenvalue weighted by Crippen LogP contribution is -2.44. The van der Waals surface area contributed by atoms with Crippen LogP contribution >= 0.6 is 0 Å². The number of nitrogens with zero attached hydrogens (tertiary/aromatic N) is 4. The minimum atomic E-state index is -0.120. The summed E-state index contributed by atoms with van der Waals surface area (Å²) in [6, 6.07) is 39.2. The van der Waals surface area contributed by atoms with Crippen LogP contribution in [-0.2, 0) is 16.2 Å². The predicted octanol–water partition coefficient (Wildman–Crippen LogP) is 11.8. The number of rotatable bonds is 3. The molecular formula is C47H38N4O. The van der Waals surface area contributed by atoms with Crippen molar-refractivity contribution in [3.05, 3.63) is 144 Å². The molecule has 2 aliphatic rings. The molecule has 5 nitrogen and oxygen atoms in total. The number of aromatic nitrogens is 4. The molecular weight excluding hydrogens is 637 g/mol.